The van der Waals surface area contributed by atoms with Gasteiger partial charge in [-0.3, -0.25) is 4.79 Å². The van der Waals surface area contributed by atoms with Gasteiger partial charge in [0.25, 0.3) is 0 Å². The van der Waals surface area contributed by atoms with Crippen molar-refractivity contribution >= 4 is 15.8 Å². The molecule has 5 nitrogen and oxygen atoms in total. The van der Waals surface area contributed by atoms with E-state index in [0.29, 0.717) is 30.7 Å². The van der Waals surface area contributed by atoms with Crippen molar-refractivity contribution in [3.8, 4) is 5.75 Å². The van der Waals surface area contributed by atoms with Crippen LogP contribution >= 0.6 is 0 Å². The fourth-order valence-corrected chi connectivity index (χ4v) is 5.21. The van der Waals surface area contributed by atoms with E-state index in [2.05, 4.69) is 0 Å². The molecule has 0 N–H and O–H groups in total. The first-order valence-electron chi connectivity index (χ1n) is 8.62. The molecule has 1 unspecified atom stereocenters. The van der Waals surface area contributed by atoms with Gasteiger partial charge in [0.2, 0.25) is 10.0 Å². The van der Waals surface area contributed by atoms with E-state index in [4.69, 9.17) is 4.74 Å². The van der Waals surface area contributed by atoms with Crippen molar-refractivity contribution in [2.24, 2.45) is 0 Å². The van der Waals surface area contributed by atoms with Crippen molar-refractivity contribution in [1.29, 1.82) is 0 Å². The number of rotatable bonds is 5. The highest BCUT2D eigenvalue weighted by molar-refractivity contribution is 7.89. The molecule has 138 valence electrons. The van der Waals surface area contributed by atoms with Gasteiger partial charge in [-0.15, -0.1) is 0 Å². The summed E-state index contributed by atoms with van der Waals surface area (Å²) in [7, 11) is -2.38. The Labute approximate surface area is 154 Å². The van der Waals surface area contributed by atoms with E-state index >= 15 is 0 Å². The number of ketones is 1. The van der Waals surface area contributed by atoms with E-state index < -0.39 is 16.1 Å². The lowest BCUT2D eigenvalue weighted by Crippen LogP contribution is -2.40. The second-order valence-electron chi connectivity index (χ2n) is 6.66. The van der Waals surface area contributed by atoms with Gasteiger partial charge in [-0.25, -0.2) is 8.42 Å². The lowest BCUT2D eigenvalue weighted by Gasteiger charge is -2.24. The van der Waals surface area contributed by atoms with Crippen LogP contribution in [0.4, 0.5) is 0 Å². The highest BCUT2D eigenvalue weighted by atomic mass is 32.2. The third kappa shape index (κ3) is 3.39. The van der Waals surface area contributed by atoms with Gasteiger partial charge >= 0.3 is 0 Å². The second-order valence-corrected chi connectivity index (χ2v) is 8.52. The SMILES string of the molecule is COc1ccc(C)cc1S(=O)(=O)N1CCCC1C(=O)c1ccc(C)cc1. The van der Waals surface area contributed by atoms with Gasteiger partial charge in [-0.1, -0.05) is 35.9 Å². The van der Waals surface area contributed by atoms with Crippen molar-refractivity contribution in [3.05, 3.63) is 59.2 Å². The summed E-state index contributed by atoms with van der Waals surface area (Å²) in [4.78, 5) is 13.0. The van der Waals surface area contributed by atoms with Crippen molar-refractivity contribution < 1.29 is 17.9 Å². The minimum atomic E-state index is -3.83. The molecule has 26 heavy (non-hydrogen) atoms. The van der Waals surface area contributed by atoms with Gasteiger partial charge in [0.05, 0.1) is 13.2 Å². The zero-order valence-corrected chi connectivity index (χ0v) is 16.0. The first kappa shape index (κ1) is 18.6. The Balaban J connectivity index is 1.98. The molecule has 1 fully saturated rings. The number of sulfonamides is 1. The average Bonchev–Trinajstić information content (AvgIpc) is 3.12. The smallest absolute Gasteiger partial charge is 0.247 e. The van der Waals surface area contributed by atoms with Crippen LogP contribution < -0.4 is 4.74 Å². The summed E-state index contributed by atoms with van der Waals surface area (Å²) >= 11 is 0. The summed E-state index contributed by atoms with van der Waals surface area (Å²) in [6.45, 7) is 4.11. The molecule has 0 aliphatic carbocycles. The summed E-state index contributed by atoms with van der Waals surface area (Å²) < 4.78 is 33.1. The van der Waals surface area contributed by atoms with Gasteiger partial charge in [0, 0.05) is 12.1 Å². The maximum atomic E-state index is 13.3. The molecule has 0 saturated carbocycles. The Bertz CT molecular complexity index is 919. The highest BCUT2D eigenvalue weighted by Crippen LogP contribution is 2.33. The molecule has 1 heterocycles. The molecule has 3 rings (SSSR count). The number of hydrogen-bond donors (Lipinski definition) is 0. The number of Topliss-reactive ketones (excluding diaryl/α,β-unsaturated/α-hetero) is 1. The maximum absolute atomic E-state index is 13.3. The molecule has 2 aromatic rings. The normalized spacial score (nSPS) is 18.0. The molecule has 1 atom stereocenters. The third-order valence-electron chi connectivity index (χ3n) is 4.75. The molecule has 0 amide bonds. The number of carbonyl (C=O) groups excluding carboxylic acids is 1. The van der Waals surface area contributed by atoms with Crippen molar-refractivity contribution in [1.82, 2.24) is 4.31 Å². The predicted octanol–water partition coefficient (Wildman–Crippen LogP) is 3.35. The van der Waals surface area contributed by atoms with Crippen LogP contribution in [0, 0.1) is 13.8 Å². The first-order chi connectivity index (χ1) is 12.3. The fourth-order valence-electron chi connectivity index (χ4n) is 3.31. The second kappa shape index (κ2) is 7.21. The van der Waals surface area contributed by atoms with Gasteiger partial charge in [-0.05, 0) is 44.4 Å². The number of benzene rings is 2. The summed E-state index contributed by atoms with van der Waals surface area (Å²) in [6, 6.07) is 11.6. The number of carbonyl (C=O) groups is 1. The first-order valence-corrected chi connectivity index (χ1v) is 10.1. The topological polar surface area (TPSA) is 63.7 Å². The van der Waals surface area contributed by atoms with Crippen molar-refractivity contribution in [3.63, 3.8) is 0 Å². The standard InChI is InChI=1S/C20H23NO4S/c1-14-6-9-16(10-7-14)20(22)17-5-4-12-21(17)26(23,24)19-13-15(2)8-11-18(19)25-3/h6-11,13,17H,4-5,12H2,1-3H3. The van der Waals surface area contributed by atoms with Gasteiger partial charge < -0.3 is 4.74 Å². The summed E-state index contributed by atoms with van der Waals surface area (Å²) in [5, 5.41) is 0. The molecule has 6 heteroatoms. The Hall–Kier alpha value is -2.18. The molecule has 2 aromatic carbocycles. The Kier molecular flexibility index (Phi) is 5.16. The summed E-state index contributed by atoms with van der Waals surface area (Å²) in [6.07, 6.45) is 1.19. The van der Waals surface area contributed by atoms with Crippen LogP contribution in [0.3, 0.4) is 0 Å². The van der Waals surface area contributed by atoms with Crippen LogP contribution in [0.1, 0.15) is 34.3 Å². The third-order valence-corrected chi connectivity index (χ3v) is 6.68. The number of aryl methyl sites for hydroxylation is 2. The molecule has 1 aliphatic rings. The molecular weight excluding hydrogens is 350 g/mol. The van der Waals surface area contributed by atoms with E-state index in [-0.39, 0.29) is 10.7 Å². The monoisotopic (exact) mass is 373 g/mol. The van der Waals surface area contributed by atoms with Crippen LogP contribution in [-0.2, 0) is 10.0 Å². The quantitative estimate of drug-likeness (QED) is 0.754. The van der Waals surface area contributed by atoms with Gasteiger partial charge in [0.1, 0.15) is 10.6 Å². The molecule has 1 saturated heterocycles. The summed E-state index contributed by atoms with van der Waals surface area (Å²) in [5.74, 6) is 0.140. The molecule has 0 bridgehead atoms. The zero-order chi connectivity index (χ0) is 18.9. The van der Waals surface area contributed by atoms with Gasteiger partial charge in [0.15, 0.2) is 5.78 Å². The Morgan fingerprint density at radius 1 is 1.08 bits per heavy atom. The molecule has 0 spiro atoms. The number of nitrogens with zero attached hydrogens (tertiary/aromatic N) is 1. The molecule has 0 radical (unpaired) electrons. The number of hydrogen-bond acceptors (Lipinski definition) is 4. The Morgan fingerprint density at radius 2 is 1.73 bits per heavy atom. The maximum Gasteiger partial charge on any atom is 0.247 e. The van der Waals surface area contributed by atoms with E-state index in [1.807, 2.05) is 26.0 Å². The van der Waals surface area contributed by atoms with Crippen LogP contribution in [0.25, 0.3) is 0 Å². The molecule has 0 aromatic heterocycles. The van der Waals surface area contributed by atoms with Crippen molar-refractivity contribution in [2.45, 2.75) is 37.6 Å². The highest BCUT2D eigenvalue weighted by Gasteiger charge is 2.40. The predicted molar refractivity (Wildman–Crippen MR) is 100 cm³/mol. The van der Waals surface area contributed by atoms with Crippen LogP contribution in [0.5, 0.6) is 5.75 Å². The molecule has 1 aliphatic heterocycles. The molecular formula is C20H23NO4S. The Morgan fingerprint density at radius 3 is 2.38 bits per heavy atom. The van der Waals surface area contributed by atoms with Crippen molar-refractivity contribution in [2.75, 3.05) is 13.7 Å². The number of methoxy groups -OCH3 is 1. The van der Waals surface area contributed by atoms with Gasteiger partial charge in [-0.2, -0.15) is 4.31 Å². The lowest BCUT2D eigenvalue weighted by molar-refractivity contribution is 0.0918. The van der Waals surface area contributed by atoms with Crippen LogP contribution in [-0.4, -0.2) is 38.2 Å². The number of ether oxygens (including phenoxy) is 1. The minimum absolute atomic E-state index is 0.114. The zero-order valence-electron chi connectivity index (χ0n) is 15.2. The van der Waals surface area contributed by atoms with E-state index in [0.717, 1.165) is 11.1 Å². The average molecular weight is 373 g/mol. The minimum Gasteiger partial charge on any atom is -0.495 e. The summed E-state index contributed by atoms with van der Waals surface area (Å²) in [5.41, 5.74) is 2.42. The van der Waals surface area contributed by atoms with Crippen LogP contribution in [0.15, 0.2) is 47.4 Å². The van der Waals surface area contributed by atoms with E-state index in [9.17, 15) is 13.2 Å². The van der Waals surface area contributed by atoms with E-state index in [1.165, 1.54) is 11.4 Å². The van der Waals surface area contributed by atoms with E-state index in [1.54, 1.807) is 30.3 Å². The lowest BCUT2D eigenvalue weighted by atomic mass is 10.0. The fraction of sp³-hybridized carbons (Fsp3) is 0.350. The van der Waals surface area contributed by atoms with Crippen LogP contribution in [0.2, 0.25) is 0 Å². The largest absolute Gasteiger partial charge is 0.495 e.